The lowest BCUT2D eigenvalue weighted by atomic mass is 9.94. The zero-order valence-electron chi connectivity index (χ0n) is 8.55. The predicted octanol–water partition coefficient (Wildman–Crippen LogP) is 1.42. The third-order valence-electron chi connectivity index (χ3n) is 3.36. The molecule has 1 atom stereocenters. The highest BCUT2D eigenvalue weighted by atomic mass is 15.6. The largest absolute Gasteiger partial charge is 0.270 e. The number of hydrogen-bond acceptors (Lipinski definition) is 3. The van der Waals surface area contributed by atoms with Gasteiger partial charge in [-0.2, -0.15) is 0 Å². The minimum absolute atomic E-state index is 0.572. The van der Waals surface area contributed by atoms with Crippen LogP contribution in [0.3, 0.4) is 0 Å². The molecule has 0 aromatic carbocycles. The molecule has 0 aromatic rings. The van der Waals surface area contributed by atoms with Gasteiger partial charge in [0.15, 0.2) is 0 Å². The monoisotopic (exact) mass is 183 g/mol. The molecule has 0 spiro atoms. The summed E-state index contributed by atoms with van der Waals surface area (Å²) in [4.78, 5) is 2.60. The molecule has 1 aliphatic heterocycles. The van der Waals surface area contributed by atoms with Crippen molar-refractivity contribution in [2.45, 2.75) is 57.7 Å². The van der Waals surface area contributed by atoms with Gasteiger partial charge in [0.05, 0.1) is 12.8 Å². The predicted molar refractivity (Wildman–Crippen MR) is 53.9 cm³/mol. The second-order valence-electron chi connectivity index (χ2n) is 4.21. The van der Waals surface area contributed by atoms with Gasteiger partial charge in [0.2, 0.25) is 0 Å². The van der Waals surface area contributed by atoms with Crippen LogP contribution in [0.1, 0.15) is 45.4 Å². The highest BCUT2D eigenvalue weighted by molar-refractivity contribution is 4.81. The van der Waals surface area contributed by atoms with Crippen molar-refractivity contribution in [3.63, 3.8) is 0 Å². The maximum Gasteiger partial charge on any atom is 0.0739 e. The minimum Gasteiger partial charge on any atom is -0.270 e. The van der Waals surface area contributed by atoms with Crippen molar-refractivity contribution in [1.82, 2.24) is 15.8 Å². The summed E-state index contributed by atoms with van der Waals surface area (Å²) in [5.41, 5.74) is 6.58. The maximum absolute atomic E-state index is 3.33. The number of nitrogens with zero attached hydrogens (tertiary/aromatic N) is 1. The molecule has 2 N–H and O–H groups in total. The summed E-state index contributed by atoms with van der Waals surface area (Å²) in [5.74, 6) is 0. The molecule has 1 heterocycles. The van der Waals surface area contributed by atoms with Crippen LogP contribution in [0.15, 0.2) is 0 Å². The van der Waals surface area contributed by atoms with E-state index in [4.69, 9.17) is 0 Å². The topological polar surface area (TPSA) is 27.3 Å². The lowest BCUT2D eigenvalue weighted by Crippen LogP contribution is -2.43. The molecule has 2 aliphatic rings. The van der Waals surface area contributed by atoms with Crippen LogP contribution in [0.4, 0.5) is 0 Å². The van der Waals surface area contributed by atoms with Gasteiger partial charge in [-0.25, -0.2) is 10.9 Å². The summed E-state index contributed by atoms with van der Waals surface area (Å²) >= 11 is 0. The van der Waals surface area contributed by atoms with Crippen LogP contribution in [0.25, 0.3) is 0 Å². The standard InChI is InChI=1S/C10H21N3/c1-2-10-12-11-8-13(10)9-6-4-3-5-7-9/h9-12H,2-8H2,1H3. The first-order valence-electron chi connectivity index (χ1n) is 5.66. The Kier molecular flexibility index (Phi) is 3.19. The first kappa shape index (κ1) is 9.44. The van der Waals surface area contributed by atoms with Crippen LogP contribution in [0.5, 0.6) is 0 Å². The number of nitrogens with one attached hydrogen (secondary N) is 2. The third-order valence-corrected chi connectivity index (χ3v) is 3.36. The lowest BCUT2D eigenvalue weighted by Gasteiger charge is -2.33. The molecule has 13 heavy (non-hydrogen) atoms. The minimum atomic E-state index is 0.572. The molecule has 3 nitrogen and oxygen atoms in total. The zero-order valence-corrected chi connectivity index (χ0v) is 8.55. The molecule has 0 aromatic heterocycles. The van der Waals surface area contributed by atoms with Gasteiger partial charge >= 0.3 is 0 Å². The van der Waals surface area contributed by atoms with Gasteiger partial charge in [-0.05, 0) is 19.3 Å². The van der Waals surface area contributed by atoms with E-state index in [9.17, 15) is 0 Å². The Morgan fingerprint density at radius 2 is 2.00 bits per heavy atom. The Labute approximate surface area is 80.8 Å². The van der Waals surface area contributed by atoms with Crippen molar-refractivity contribution < 1.29 is 0 Å². The summed E-state index contributed by atoms with van der Waals surface area (Å²) in [5, 5.41) is 0. The van der Waals surface area contributed by atoms with E-state index in [1.165, 1.54) is 38.5 Å². The molecule has 0 bridgehead atoms. The number of hydrazine groups is 1. The Morgan fingerprint density at radius 3 is 2.69 bits per heavy atom. The van der Waals surface area contributed by atoms with E-state index < -0.39 is 0 Å². The molecule has 0 radical (unpaired) electrons. The van der Waals surface area contributed by atoms with Crippen LogP contribution in [0, 0.1) is 0 Å². The van der Waals surface area contributed by atoms with Crippen LogP contribution in [-0.2, 0) is 0 Å². The molecule has 1 unspecified atom stereocenters. The highest BCUT2D eigenvalue weighted by Gasteiger charge is 2.29. The Hall–Kier alpha value is -0.120. The number of hydrogen-bond donors (Lipinski definition) is 2. The average Bonchev–Trinajstić information content (AvgIpc) is 2.67. The van der Waals surface area contributed by atoms with E-state index in [-0.39, 0.29) is 0 Å². The molecule has 1 saturated carbocycles. The van der Waals surface area contributed by atoms with Crippen molar-refractivity contribution in [1.29, 1.82) is 0 Å². The van der Waals surface area contributed by atoms with Gasteiger partial charge in [0.25, 0.3) is 0 Å². The lowest BCUT2D eigenvalue weighted by molar-refractivity contribution is 0.132. The van der Waals surface area contributed by atoms with Crippen LogP contribution >= 0.6 is 0 Å². The summed E-state index contributed by atoms with van der Waals surface area (Å²) < 4.78 is 0. The van der Waals surface area contributed by atoms with Gasteiger partial charge in [0, 0.05) is 6.04 Å². The summed E-state index contributed by atoms with van der Waals surface area (Å²) in [6.07, 6.45) is 8.88. The number of rotatable bonds is 2. The molecular weight excluding hydrogens is 162 g/mol. The fourth-order valence-electron chi connectivity index (χ4n) is 2.58. The molecule has 0 amide bonds. The Bertz CT molecular complexity index is 154. The molecule has 2 fully saturated rings. The SMILES string of the molecule is CCC1NNCN1C1CCCCC1. The van der Waals surface area contributed by atoms with Crippen molar-refractivity contribution in [2.24, 2.45) is 0 Å². The van der Waals surface area contributed by atoms with E-state index in [0.717, 1.165) is 12.7 Å². The van der Waals surface area contributed by atoms with Gasteiger partial charge in [0.1, 0.15) is 0 Å². The molecule has 1 aliphatic carbocycles. The van der Waals surface area contributed by atoms with E-state index >= 15 is 0 Å². The normalized spacial score (nSPS) is 32.5. The fourth-order valence-corrected chi connectivity index (χ4v) is 2.58. The smallest absolute Gasteiger partial charge is 0.0739 e. The highest BCUT2D eigenvalue weighted by Crippen LogP contribution is 2.24. The average molecular weight is 183 g/mol. The van der Waals surface area contributed by atoms with Crippen molar-refractivity contribution in [3.05, 3.63) is 0 Å². The quantitative estimate of drug-likeness (QED) is 0.678. The van der Waals surface area contributed by atoms with Gasteiger partial charge in [-0.15, -0.1) is 0 Å². The summed E-state index contributed by atoms with van der Waals surface area (Å²) in [7, 11) is 0. The second-order valence-corrected chi connectivity index (χ2v) is 4.21. The van der Waals surface area contributed by atoms with E-state index in [2.05, 4.69) is 22.7 Å². The van der Waals surface area contributed by atoms with E-state index in [0.29, 0.717) is 6.17 Å². The first-order chi connectivity index (χ1) is 6.42. The molecule has 3 heteroatoms. The second kappa shape index (κ2) is 4.40. The van der Waals surface area contributed by atoms with Crippen molar-refractivity contribution >= 4 is 0 Å². The van der Waals surface area contributed by atoms with E-state index in [1.54, 1.807) is 0 Å². The first-order valence-corrected chi connectivity index (χ1v) is 5.66. The van der Waals surface area contributed by atoms with Crippen molar-refractivity contribution in [2.75, 3.05) is 6.67 Å². The van der Waals surface area contributed by atoms with Gasteiger partial charge < -0.3 is 0 Å². The Balaban J connectivity index is 1.90. The van der Waals surface area contributed by atoms with Gasteiger partial charge in [-0.1, -0.05) is 26.2 Å². The summed E-state index contributed by atoms with van der Waals surface area (Å²) in [6.45, 7) is 3.28. The van der Waals surface area contributed by atoms with E-state index in [1.807, 2.05) is 0 Å². The van der Waals surface area contributed by atoms with Crippen LogP contribution in [0.2, 0.25) is 0 Å². The molecule has 76 valence electrons. The van der Waals surface area contributed by atoms with Gasteiger partial charge in [-0.3, -0.25) is 4.90 Å². The summed E-state index contributed by atoms with van der Waals surface area (Å²) in [6, 6.07) is 0.834. The fraction of sp³-hybridized carbons (Fsp3) is 1.00. The molecule has 2 rings (SSSR count). The van der Waals surface area contributed by atoms with Crippen molar-refractivity contribution in [3.8, 4) is 0 Å². The zero-order chi connectivity index (χ0) is 9.10. The molecular formula is C10H21N3. The van der Waals surface area contributed by atoms with Crippen LogP contribution in [-0.4, -0.2) is 23.8 Å². The van der Waals surface area contributed by atoms with Crippen LogP contribution < -0.4 is 10.9 Å². The third kappa shape index (κ3) is 2.03. The maximum atomic E-state index is 3.33. The molecule has 1 saturated heterocycles. The Morgan fingerprint density at radius 1 is 1.23 bits per heavy atom.